The van der Waals surface area contributed by atoms with Crippen molar-refractivity contribution in [1.29, 1.82) is 0 Å². The Morgan fingerprint density at radius 2 is 1.58 bits per heavy atom. The van der Waals surface area contributed by atoms with Crippen LogP contribution in [0.25, 0.3) is 0 Å². The van der Waals surface area contributed by atoms with Crippen molar-refractivity contribution in [3.63, 3.8) is 0 Å². The number of aromatic nitrogens is 1. The maximum atomic E-state index is 6.21. The van der Waals surface area contributed by atoms with Gasteiger partial charge in [0.15, 0.2) is 5.82 Å². The van der Waals surface area contributed by atoms with Crippen molar-refractivity contribution >= 4 is 70.2 Å². The molecule has 3 aromatic carbocycles. The number of nitrogens with two attached hydrogens (primary N) is 2. The molecule has 198 valence electrons. The fourth-order valence-corrected chi connectivity index (χ4v) is 5.01. The maximum Gasteiger partial charge on any atom is 0.153 e. The van der Waals surface area contributed by atoms with E-state index in [1.165, 1.54) is 21.2 Å². The van der Waals surface area contributed by atoms with E-state index in [0.29, 0.717) is 11.5 Å². The predicted octanol–water partition coefficient (Wildman–Crippen LogP) is 7.98. The summed E-state index contributed by atoms with van der Waals surface area (Å²) in [6.45, 7) is 2.09. The van der Waals surface area contributed by atoms with Gasteiger partial charge in [-0.3, -0.25) is 0 Å². The number of para-hydroxylation sites is 1. The summed E-state index contributed by atoms with van der Waals surface area (Å²) in [6.07, 6.45) is 1.12. The first kappa shape index (κ1) is 29.3. The number of fused-ring (bicyclic) bond motifs is 2. The van der Waals surface area contributed by atoms with Gasteiger partial charge in [-0.05, 0) is 81.7 Å². The molecule has 4 N–H and O–H groups in total. The van der Waals surface area contributed by atoms with Crippen LogP contribution >= 0.6 is 35.8 Å². The quantitative estimate of drug-likeness (QED) is 0.229. The average Bonchev–Trinajstić information content (AvgIpc) is 2.89. The minimum atomic E-state index is 0. The third-order valence-corrected chi connectivity index (χ3v) is 6.89. The number of nitrogen functional groups attached to an aromatic ring is 2. The van der Waals surface area contributed by atoms with Gasteiger partial charge in [0.2, 0.25) is 0 Å². The highest BCUT2D eigenvalue weighted by molar-refractivity contribution is 7.99. The zero-order chi connectivity index (χ0) is 26.2. The highest BCUT2D eigenvalue weighted by Crippen LogP contribution is 2.48. The molecule has 7 nitrogen and oxygen atoms in total. The number of pyridine rings is 1. The van der Waals surface area contributed by atoms with Gasteiger partial charge >= 0.3 is 0 Å². The third kappa shape index (κ3) is 7.85. The molecule has 38 heavy (non-hydrogen) atoms. The van der Waals surface area contributed by atoms with E-state index in [9.17, 15) is 0 Å². The molecule has 1 aromatic heterocycles. The molecule has 0 saturated carbocycles. The maximum absolute atomic E-state index is 6.21. The second kappa shape index (κ2) is 14.0. The molecule has 0 fully saturated rings. The first-order chi connectivity index (χ1) is 17.9. The number of hydrogen-bond donors (Lipinski definition) is 2. The number of benzene rings is 3. The molecule has 2 heterocycles. The topological polar surface area (TPSA) is 96.1 Å². The summed E-state index contributed by atoms with van der Waals surface area (Å²) >= 11 is 8.03. The lowest BCUT2D eigenvalue weighted by atomic mass is 10.2. The van der Waals surface area contributed by atoms with E-state index < -0.39 is 0 Å². The van der Waals surface area contributed by atoms with Crippen LogP contribution in [0, 0.1) is 0 Å². The second-order valence-electron chi connectivity index (χ2n) is 8.67. The first-order valence-electron chi connectivity index (χ1n) is 11.9. The number of azo groups is 1. The van der Waals surface area contributed by atoms with Crippen LogP contribution < -0.4 is 16.4 Å². The van der Waals surface area contributed by atoms with Gasteiger partial charge in [0.05, 0.1) is 17.1 Å². The lowest BCUT2D eigenvalue weighted by Gasteiger charge is -2.33. The highest BCUT2D eigenvalue weighted by Gasteiger charge is 2.23. The van der Waals surface area contributed by atoms with Gasteiger partial charge in [-0.25, -0.2) is 4.98 Å². The number of nitrogens with zero attached hydrogens (tertiary/aromatic N) is 5. The monoisotopic (exact) mass is 567 g/mol. The Morgan fingerprint density at radius 1 is 0.868 bits per heavy atom. The summed E-state index contributed by atoms with van der Waals surface area (Å²) in [5.74, 6) is 0.649. The Kier molecular flexibility index (Phi) is 10.8. The summed E-state index contributed by atoms with van der Waals surface area (Å²) in [7, 11) is 4.23. The fraction of sp³-hybridized carbons (Fsp3) is 0.179. The minimum absolute atomic E-state index is 0. The molecule has 5 rings (SSSR count). The summed E-state index contributed by atoms with van der Waals surface area (Å²) in [4.78, 5) is 11.1. The molecule has 0 amide bonds. The molecule has 0 spiro atoms. The smallest absolute Gasteiger partial charge is 0.153 e. The van der Waals surface area contributed by atoms with Gasteiger partial charge in [0.1, 0.15) is 11.5 Å². The molecular formula is C28H31Cl2N7S. The van der Waals surface area contributed by atoms with Crippen molar-refractivity contribution in [2.24, 2.45) is 10.2 Å². The minimum Gasteiger partial charge on any atom is -0.384 e. The van der Waals surface area contributed by atoms with Crippen molar-refractivity contribution in [2.75, 3.05) is 43.6 Å². The van der Waals surface area contributed by atoms with Gasteiger partial charge in [-0.15, -0.1) is 17.5 Å². The Hall–Kier alpha value is -3.30. The standard InChI is InChI=1S/C17H19ClN2S.C11H11N5.ClH/c1-19(2)10-5-11-20-14-6-3-4-7-16(14)21-17-9-8-13(18)12-15(17)20;12-10-7-6-9(11(13)14-10)16-15-8-4-2-1-3-5-8;/h3-4,6-9,12H,5,10-11H2,1-2H3;1-7H,(H4,12,13,14);1H. The van der Waals surface area contributed by atoms with Gasteiger partial charge in [-0.2, -0.15) is 5.11 Å². The molecule has 0 bridgehead atoms. The van der Waals surface area contributed by atoms with Crippen molar-refractivity contribution in [1.82, 2.24) is 9.88 Å². The van der Waals surface area contributed by atoms with E-state index in [0.717, 1.165) is 30.2 Å². The van der Waals surface area contributed by atoms with E-state index in [1.807, 2.05) is 48.2 Å². The number of halogens is 2. The molecule has 0 unspecified atom stereocenters. The lowest BCUT2D eigenvalue weighted by molar-refractivity contribution is 0.402. The summed E-state index contributed by atoms with van der Waals surface area (Å²) in [5.41, 5.74) is 14.9. The van der Waals surface area contributed by atoms with E-state index in [2.05, 4.69) is 75.5 Å². The van der Waals surface area contributed by atoms with Crippen molar-refractivity contribution in [3.8, 4) is 0 Å². The van der Waals surface area contributed by atoms with Crippen LogP contribution in [0.5, 0.6) is 0 Å². The third-order valence-electron chi connectivity index (χ3n) is 5.53. The molecule has 1 aliphatic heterocycles. The SMILES string of the molecule is CN(C)CCCN1c2ccccc2Sc2ccc(Cl)cc21.Cl.Nc1ccc(N=Nc2ccccc2)c(N)n1. The van der Waals surface area contributed by atoms with E-state index in [4.69, 9.17) is 23.1 Å². The zero-order valence-electron chi connectivity index (χ0n) is 21.3. The van der Waals surface area contributed by atoms with Gasteiger partial charge in [-0.1, -0.05) is 53.7 Å². The molecular weight excluding hydrogens is 537 g/mol. The molecule has 0 saturated heterocycles. The molecule has 10 heteroatoms. The lowest BCUT2D eigenvalue weighted by Crippen LogP contribution is -2.25. The van der Waals surface area contributed by atoms with Crippen molar-refractivity contribution in [3.05, 3.63) is 90.0 Å². The zero-order valence-corrected chi connectivity index (χ0v) is 23.7. The summed E-state index contributed by atoms with van der Waals surface area (Å²) in [6, 6.07) is 27.5. The van der Waals surface area contributed by atoms with Crippen molar-refractivity contribution < 1.29 is 0 Å². The van der Waals surface area contributed by atoms with E-state index in [1.54, 1.807) is 12.1 Å². The Balaban J connectivity index is 0.000000213. The van der Waals surface area contributed by atoms with Crippen LogP contribution in [-0.4, -0.2) is 37.1 Å². The largest absolute Gasteiger partial charge is 0.384 e. The van der Waals surface area contributed by atoms with Gasteiger partial charge in [0, 0.05) is 21.4 Å². The summed E-state index contributed by atoms with van der Waals surface area (Å²) in [5, 5.41) is 8.83. The first-order valence-corrected chi connectivity index (χ1v) is 13.1. The Morgan fingerprint density at radius 3 is 2.32 bits per heavy atom. The van der Waals surface area contributed by atoms with Crippen LogP contribution in [0.15, 0.2) is 105 Å². The fourth-order valence-electron chi connectivity index (χ4n) is 3.76. The van der Waals surface area contributed by atoms with Crippen LogP contribution in [-0.2, 0) is 0 Å². The predicted molar refractivity (Wildman–Crippen MR) is 163 cm³/mol. The number of hydrogen-bond acceptors (Lipinski definition) is 8. The second-order valence-corrected chi connectivity index (χ2v) is 10.2. The number of anilines is 4. The van der Waals surface area contributed by atoms with Crippen LogP contribution in [0.4, 0.5) is 34.4 Å². The molecule has 0 atom stereocenters. The summed E-state index contributed by atoms with van der Waals surface area (Å²) < 4.78 is 0. The highest BCUT2D eigenvalue weighted by atomic mass is 35.5. The Labute approximate surface area is 239 Å². The van der Waals surface area contributed by atoms with Crippen LogP contribution in [0.1, 0.15) is 6.42 Å². The average molecular weight is 569 g/mol. The van der Waals surface area contributed by atoms with Gasteiger partial charge in [0.25, 0.3) is 0 Å². The van der Waals surface area contributed by atoms with E-state index in [-0.39, 0.29) is 18.2 Å². The molecule has 0 radical (unpaired) electrons. The van der Waals surface area contributed by atoms with Gasteiger partial charge < -0.3 is 21.3 Å². The van der Waals surface area contributed by atoms with Crippen molar-refractivity contribution in [2.45, 2.75) is 16.2 Å². The Bertz CT molecular complexity index is 1370. The van der Waals surface area contributed by atoms with E-state index >= 15 is 0 Å². The molecule has 4 aromatic rings. The normalized spacial score (nSPS) is 11.8. The number of rotatable bonds is 6. The molecule has 0 aliphatic carbocycles. The molecule has 1 aliphatic rings. The van der Waals surface area contributed by atoms with Crippen LogP contribution in [0.2, 0.25) is 5.02 Å². The van der Waals surface area contributed by atoms with Crippen LogP contribution in [0.3, 0.4) is 0 Å².